The van der Waals surface area contributed by atoms with Gasteiger partial charge in [-0.3, -0.25) is 4.98 Å². The van der Waals surface area contributed by atoms with E-state index in [0.29, 0.717) is 12.0 Å². The van der Waals surface area contributed by atoms with Crippen molar-refractivity contribution in [2.24, 2.45) is 0 Å². The average molecular weight is 217 g/mol. The van der Waals surface area contributed by atoms with E-state index in [1.54, 1.807) is 6.07 Å². The van der Waals surface area contributed by atoms with Crippen LogP contribution >= 0.6 is 0 Å². The van der Waals surface area contributed by atoms with E-state index in [2.05, 4.69) is 11.9 Å². The SMILES string of the molecule is CCCCCc1ccnc(C(F)(F)F)c1. The lowest BCUT2D eigenvalue weighted by molar-refractivity contribution is -0.141. The highest BCUT2D eigenvalue weighted by Crippen LogP contribution is 2.27. The molecule has 0 aliphatic heterocycles. The third-order valence-corrected chi connectivity index (χ3v) is 2.18. The lowest BCUT2D eigenvalue weighted by atomic mass is 10.1. The van der Waals surface area contributed by atoms with Gasteiger partial charge in [0.25, 0.3) is 0 Å². The van der Waals surface area contributed by atoms with Crippen LogP contribution in [0.4, 0.5) is 13.2 Å². The number of rotatable bonds is 4. The van der Waals surface area contributed by atoms with Gasteiger partial charge in [0.2, 0.25) is 0 Å². The van der Waals surface area contributed by atoms with Gasteiger partial charge in [-0.2, -0.15) is 13.2 Å². The molecule has 1 aromatic heterocycles. The number of pyridine rings is 1. The van der Waals surface area contributed by atoms with Gasteiger partial charge in [-0.05, 0) is 30.5 Å². The molecule has 0 radical (unpaired) electrons. The summed E-state index contributed by atoms with van der Waals surface area (Å²) in [5.41, 5.74) is -0.0812. The van der Waals surface area contributed by atoms with E-state index >= 15 is 0 Å². The second kappa shape index (κ2) is 5.14. The molecule has 0 N–H and O–H groups in total. The summed E-state index contributed by atoms with van der Waals surface area (Å²) in [6.07, 6.45) is 0.628. The molecule has 0 aromatic carbocycles. The van der Waals surface area contributed by atoms with Gasteiger partial charge in [-0.25, -0.2) is 0 Å². The van der Waals surface area contributed by atoms with Crippen LogP contribution in [0.25, 0.3) is 0 Å². The normalized spacial score (nSPS) is 11.7. The van der Waals surface area contributed by atoms with Crippen molar-refractivity contribution in [3.63, 3.8) is 0 Å². The average Bonchev–Trinajstić information content (AvgIpc) is 2.17. The van der Waals surface area contributed by atoms with Gasteiger partial charge in [0, 0.05) is 6.20 Å². The van der Waals surface area contributed by atoms with Crippen LogP contribution < -0.4 is 0 Å². The zero-order valence-electron chi connectivity index (χ0n) is 8.64. The molecule has 0 fully saturated rings. The van der Waals surface area contributed by atoms with E-state index in [-0.39, 0.29) is 0 Å². The van der Waals surface area contributed by atoms with Gasteiger partial charge in [0.05, 0.1) is 0 Å². The Morgan fingerprint density at radius 3 is 2.60 bits per heavy atom. The zero-order chi connectivity index (χ0) is 11.3. The van der Waals surface area contributed by atoms with Crippen LogP contribution in [0, 0.1) is 0 Å². The molecule has 1 nitrogen and oxygen atoms in total. The van der Waals surface area contributed by atoms with E-state index in [4.69, 9.17) is 0 Å². The molecule has 1 rings (SSSR count). The van der Waals surface area contributed by atoms with Gasteiger partial charge < -0.3 is 0 Å². The molecule has 0 unspecified atom stereocenters. The van der Waals surface area contributed by atoms with E-state index in [1.807, 2.05) is 0 Å². The lowest BCUT2D eigenvalue weighted by Gasteiger charge is -2.07. The van der Waals surface area contributed by atoms with Crippen molar-refractivity contribution in [1.82, 2.24) is 4.98 Å². The Bertz CT molecular complexity index is 307. The van der Waals surface area contributed by atoms with Crippen molar-refractivity contribution in [2.45, 2.75) is 38.8 Å². The minimum Gasteiger partial charge on any atom is -0.252 e. The van der Waals surface area contributed by atoms with Crippen LogP contribution in [0.2, 0.25) is 0 Å². The van der Waals surface area contributed by atoms with Crippen molar-refractivity contribution in [1.29, 1.82) is 0 Å². The van der Waals surface area contributed by atoms with Crippen LogP contribution in [0.5, 0.6) is 0 Å². The Morgan fingerprint density at radius 1 is 1.27 bits per heavy atom. The Hall–Kier alpha value is -1.06. The Kier molecular flexibility index (Phi) is 4.12. The highest BCUT2D eigenvalue weighted by Gasteiger charge is 2.32. The summed E-state index contributed by atoms with van der Waals surface area (Å²) in [7, 11) is 0. The summed E-state index contributed by atoms with van der Waals surface area (Å²) in [6, 6.07) is 2.78. The molecule has 0 saturated carbocycles. The topological polar surface area (TPSA) is 12.9 Å². The number of hydrogen-bond acceptors (Lipinski definition) is 1. The predicted octanol–water partition coefficient (Wildman–Crippen LogP) is 3.83. The Balaban J connectivity index is 2.66. The summed E-state index contributed by atoms with van der Waals surface area (Å²) in [5.74, 6) is 0. The highest BCUT2D eigenvalue weighted by atomic mass is 19.4. The molecule has 15 heavy (non-hydrogen) atoms. The molecule has 0 aliphatic carbocycles. The number of nitrogens with zero attached hydrogens (tertiary/aromatic N) is 1. The van der Waals surface area contributed by atoms with Gasteiger partial charge in [0.15, 0.2) is 0 Å². The van der Waals surface area contributed by atoms with Crippen LogP contribution in [0.1, 0.15) is 37.4 Å². The fourth-order valence-corrected chi connectivity index (χ4v) is 1.36. The number of aromatic nitrogens is 1. The van der Waals surface area contributed by atoms with Crippen molar-refractivity contribution in [3.05, 3.63) is 29.6 Å². The number of alkyl halides is 3. The molecule has 1 aromatic rings. The molecule has 0 atom stereocenters. The maximum Gasteiger partial charge on any atom is 0.433 e. The van der Waals surface area contributed by atoms with E-state index < -0.39 is 11.9 Å². The highest BCUT2D eigenvalue weighted by molar-refractivity contribution is 5.18. The summed E-state index contributed by atoms with van der Waals surface area (Å²) in [6.45, 7) is 2.06. The zero-order valence-corrected chi connectivity index (χ0v) is 8.64. The van der Waals surface area contributed by atoms with Crippen molar-refractivity contribution >= 4 is 0 Å². The largest absolute Gasteiger partial charge is 0.433 e. The third-order valence-electron chi connectivity index (χ3n) is 2.18. The molecular weight excluding hydrogens is 203 g/mol. The first-order valence-electron chi connectivity index (χ1n) is 5.06. The second-order valence-corrected chi connectivity index (χ2v) is 3.50. The summed E-state index contributed by atoms with van der Waals surface area (Å²) in [5, 5.41) is 0. The molecule has 1 heterocycles. The van der Waals surface area contributed by atoms with Crippen LogP contribution in [-0.2, 0) is 12.6 Å². The van der Waals surface area contributed by atoms with Crippen molar-refractivity contribution in [2.75, 3.05) is 0 Å². The standard InChI is InChI=1S/C11H14F3N/c1-2-3-4-5-9-6-7-15-10(8-9)11(12,13)14/h6-8H,2-5H2,1H3. The lowest BCUT2D eigenvalue weighted by Crippen LogP contribution is -2.08. The van der Waals surface area contributed by atoms with Crippen LogP contribution in [-0.4, -0.2) is 4.98 Å². The fraction of sp³-hybridized carbons (Fsp3) is 0.545. The number of unbranched alkanes of at least 4 members (excludes halogenated alkanes) is 2. The summed E-state index contributed by atoms with van der Waals surface area (Å²) >= 11 is 0. The van der Waals surface area contributed by atoms with Gasteiger partial charge in [-0.1, -0.05) is 19.8 Å². The van der Waals surface area contributed by atoms with Crippen LogP contribution in [0.3, 0.4) is 0 Å². The first kappa shape index (κ1) is 12.0. The number of aryl methyl sites for hydroxylation is 1. The monoisotopic (exact) mass is 217 g/mol. The Labute approximate surface area is 87.3 Å². The van der Waals surface area contributed by atoms with Crippen molar-refractivity contribution < 1.29 is 13.2 Å². The molecule has 0 spiro atoms. The maximum absolute atomic E-state index is 12.3. The molecule has 84 valence electrons. The van der Waals surface area contributed by atoms with Gasteiger partial charge in [-0.15, -0.1) is 0 Å². The second-order valence-electron chi connectivity index (χ2n) is 3.50. The van der Waals surface area contributed by atoms with E-state index in [0.717, 1.165) is 25.3 Å². The fourth-order valence-electron chi connectivity index (χ4n) is 1.36. The molecular formula is C11H14F3N. The third kappa shape index (κ3) is 3.90. The number of hydrogen-bond donors (Lipinski definition) is 0. The minimum atomic E-state index is -4.33. The van der Waals surface area contributed by atoms with E-state index in [9.17, 15) is 13.2 Å². The van der Waals surface area contributed by atoms with Gasteiger partial charge in [0.1, 0.15) is 5.69 Å². The molecule has 4 heteroatoms. The van der Waals surface area contributed by atoms with Crippen LogP contribution in [0.15, 0.2) is 18.3 Å². The molecule has 0 amide bonds. The summed E-state index contributed by atoms with van der Waals surface area (Å²) < 4.78 is 36.9. The smallest absolute Gasteiger partial charge is 0.252 e. The van der Waals surface area contributed by atoms with Crippen molar-refractivity contribution in [3.8, 4) is 0 Å². The maximum atomic E-state index is 12.3. The van der Waals surface area contributed by atoms with Gasteiger partial charge >= 0.3 is 6.18 Å². The minimum absolute atomic E-state index is 0.694. The molecule has 0 saturated heterocycles. The Morgan fingerprint density at radius 2 is 2.00 bits per heavy atom. The first-order valence-corrected chi connectivity index (χ1v) is 5.06. The van der Waals surface area contributed by atoms with E-state index in [1.165, 1.54) is 6.20 Å². The molecule has 0 aliphatic rings. The quantitative estimate of drug-likeness (QED) is 0.698. The molecule has 0 bridgehead atoms. The number of halogens is 3. The first-order chi connectivity index (χ1) is 7.04. The predicted molar refractivity (Wildman–Crippen MR) is 52.5 cm³/mol. The summed E-state index contributed by atoms with van der Waals surface area (Å²) in [4.78, 5) is 3.31.